The van der Waals surface area contributed by atoms with E-state index in [0.717, 1.165) is 24.7 Å². The summed E-state index contributed by atoms with van der Waals surface area (Å²) in [5.74, 6) is 1.43. The summed E-state index contributed by atoms with van der Waals surface area (Å²) >= 11 is 0. The van der Waals surface area contributed by atoms with E-state index >= 15 is 0 Å². The molecule has 2 rings (SSSR count). The molecule has 0 atom stereocenters. The Kier molecular flexibility index (Phi) is 10.6. The Morgan fingerprint density at radius 1 is 1.13 bits per heavy atom. The fraction of sp³-hybridized carbons (Fsp3) is 0.667. The van der Waals surface area contributed by atoms with Crippen LogP contribution >= 0.6 is 0 Å². The van der Waals surface area contributed by atoms with Crippen molar-refractivity contribution < 1.29 is 9.53 Å². The Balaban J connectivity index is 1.74. The number of likely N-dealkylation sites (N-methyl/N-ethyl adjacent to an activating group) is 1. The molecule has 0 spiro atoms. The number of benzene rings is 1. The van der Waals surface area contributed by atoms with Crippen LogP contribution in [0.15, 0.2) is 30.4 Å². The molecule has 0 aromatic heterocycles. The predicted octanol–water partition coefficient (Wildman–Crippen LogP) is 6.44. The second-order valence-electron chi connectivity index (χ2n) is 9.48. The second-order valence-corrected chi connectivity index (χ2v) is 9.48. The first kappa shape index (κ1) is 24.7. The number of unbranched alkanes of at least 4 members (excludes halogenated alkanes) is 2. The molecule has 1 aromatic rings. The number of esters is 1. The Hall–Kier alpha value is -1.61. The molecule has 1 aromatic carbocycles. The molecule has 0 bridgehead atoms. The lowest BCUT2D eigenvalue weighted by atomic mass is 9.76. The van der Waals surface area contributed by atoms with Crippen molar-refractivity contribution in [1.29, 1.82) is 0 Å². The zero-order chi connectivity index (χ0) is 21.9. The molecule has 168 valence electrons. The van der Waals surface area contributed by atoms with Crippen LogP contribution in [0, 0.1) is 12.8 Å². The van der Waals surface area contributed by atoms with Gasteiger partial charge in [-0.05, 0) is 88.1 Å². The highest BCUT2D eigenvalue weighted by Crippen LogP contribution is 2.38. The minimum atomic E-state index is -0.277. The standard InChI is InChI=1S/C27H43NO2/c1-6-7-8-10-23-12-14-25(15-13-23)26-17-16-24(21(2)19-26)11-9-18-30-27(29)22(3)20-28(4)5/h16-17,19,23,25H,3,6-15,18,20H2,1-2,4-5H3. The number of carbonyl (C=O) groups is 1. The maximum atomic E-state index is 11.9. The quantitative estimate of drug-likeness (QED) is 0.224. The summed E-state index contributed by atoms with van der Waals surface area (Å²) in [6.45, 7) is 9.31. The van der Waals surface area contributed by atoms with Crippen molar-refractivity contribution in [3.8, 4) is 0 Å². The van der Waals surface area contributed by atoms with Crippen LogP contribution in [-0.2, 0) is 16.0 Å². The smallest absolute Gasteiger partial charge is 0.334 e. The van der Waals surface area contributed by atoms with Crippen LogP contribution in [0.4, 0.5) is 0 Å². The van der Waals surface area contributed by atoms with Crippen LogP contribution in [0.25, 0.3) is 0 Å². The Labute approximate surface area is 184 Å². The largest absolute Gasteiger partial charge is 0.462 e. The van der Waals surface area contributed by atoms with E-state index in [1.807, 2.05) is 19.0 Å². The lowest BCUT2D eigenvalue weighted by Gasteiger charge is -2.29. The molecular weight excluding hydrogens is 370 g/mol. The van der Waals surface area contributed by atoms with Crippen molar-refractivity contribution >= 4 is 5.97 Å². The molecule has 0 radical (unpaired) electrons. The van der Waals surface area contributed by atoms with Gasteiger partial charge in [0.2, 0.25) is 0 Å². The molecule has 0 N–H and O–H groups in total. The number of nitrogens with zero attached hydrogens (tertiary/aromatic N) is 1. The first-order valence-electron chi connectivity index (χ1n) is 12.0. The predicted molar refractivity (Wildman–Crippen MR) is 127 cm³/mol. The molecule has 1 aliphatic rings. The van der Waals surface area contributed by atoms with Gasteiger partial charge in [0.25, 0.3) is 0 Å². The van der Waals surface area contributed by atoms with Gasteiger partial charge in [0, 0.05) is 12.1 Å². The molecule has 30 heavy (non-hydrogen) atoms. The van der Waals surface area contributed by atoms with Crippen molar-refractivity contribution in [3.05, 3.63) is 47.0 Å². The van der Waals surface area contributed by atoms with E-state index in [1.165, 1.54) is 68.1 Å². The molecule has 0 saturated heterocycles. The van der Waals surface area contributed by atoms with E-state index in [0.29, 0.717) is 18.7 Å². The number of carbonyl (C=O) groups excluding carboxylic acids is 1. The van der Waals surface area contributed by atoms with Gasteiger partial charge in [0.05, 0.1) is 6.61 Å². The lowest BCUT2D eigenvalue weighted by molar-refractivity contribution is -0.139. The first-order chi connectivity index (χ1) is 14.4. The maximum Gasteiger partial charge on any atom is 0.334 e. The molecular formula is C27H43NO2. The average molecular weight is 414 g/mol. The zero-order valence-electron chi connectivity index (χ0n) is 19.8. The first-order valence-corrected chi connectivity index (χ1v) is 12.0. The van der Waals surface area contributed by atoms with Gasteiger partial charge in [0.15, 0.2) is 0 Å². The fourth-order valence-electron chi connectivity index (χ4n) is 4.70. The van der Waals surface area contributed by atoms with Crippen molar-refractivity contribution in [2.45, 2.75) is 84.0 Å². The highest BCUT2D eigenvalue weighted by Gasteiger charge is 2.22. The van der Waals surface area contributed by atoms with Crippen LogP contribution < -0.4 is 0 Å². The van der Waals surface area contributed by atoms with Gasteiger partial charge in [0.1, 0.15) is 0 Å². The van der Waals surface area contributed by atoms with Gasteiger partial charge in [-0.15, -0.1) is 0 Å². The van der Waals surface area contributed by atoms with Gasteiger partial charge >= 0.3 is 5.97 Å². The molecule has 0 aliphatic heterocycles. The highest BCUT2D eigenvalue weighted by atomic mass is 16.5. The minimum Gasteiger partial charge on any atom is -0.462 e. The molecule has 1 saturated carbocycles. The van der Waals surface area contributed by atoms with Crippen molar-refractivity contribution in [2.24, 2.45) is 5.92 Å². The molecule has 0 heterocycles. The van der Waals surface area contributed by atoms with Gasteiger partial charge in [-0.2, -0.15) is 0 Å². The summed E-state index contributed by atoms with van der Waals surface area (Å²) in [5, 5.41) is 0. The second kappa shape index (κ2) is 12.9. The highest BCUT2D eigenvalue weighted by molar-refractivity contribution is 5.88. The van der Waals surface area contributed by atoms with Crippen molar-refractivity contribution in [3.63, 3.8) is 0 Å². The van der Waals surface area contributed by atoms with Crippen LogP contribution in [-0.4, -0.2) is 38.1 Å². The van der Waals surface area contributed by atoms with E-state index in [9.17, 15) is 4.79 Å². The summed E-state index contributed by atoms with van der Waals surface area (Å²) < 4.78 is 5.37. The van der Waals surface area contributed by atoms with E-state index in [4.69, 9.17) is 4.74 Å². The third kappa shape index (κ3) is 8.26. The minimum absolute atomic E-state index is 0.277. The van der Waals surface area contributed by atoms with Crippen molar-refractivity contribution in [1.82, 2.24) is 4.90 Å². The number of aryl methyl sites for hydroxylation is 2. The van der Waals surface area contributed by atoms with Gasteiger partial charge < -0.3 is 9.64 Å². The topological polar surface area (TPSA) is 29.5 Å². The van der Waals surface area contributed by atoms with Crippen LogP contribution in [0.2, 0.25) is 0 Å². The number of ether oxygens (including phenoxy) is 1. The van der Waals surface area contributed by atoms with Crippen LogP contribution in [0.1, 0.15) is 87.3 Å². The van der Waals surface area contributed by atoms with Crippen LogP contribution in [0.5, 0.6) is 0 Å². The normalized spacial score (nSPS) is 19.1. The average Bonchev–Trinajstić information content (AvgIpc) is 2.72. The summed E-state index contributed by atoms with van der Waals surface area (Å²) in [4.78, 5) is 13.8. The molecule has 1 aliphatic carbocycles. The third-order valence-electron chi connectivity index (χ3n) is 6.52. The molecule has 3 heteroatoms. The molecule has 0 amide bonds. The Morgan fingerprint density at radius 2 is 1.87 bits per heavy atom. The van der Waals surface area contributed by atoms with E-state index < -0.39 is 0 Å². The van der Waals surface area contributed by atoms with E-state index in [-0.39, 0.29) is 5.97 Å². The SMILES string of the molecule is C=C(CN(C)C)C(=O)OCCCc1ccc(C2CCC(CCCCC)CC2)cc1C. The maximum absolute atomic E-state index is 11.9. The monoisotopic (exact) mass is 413 g/mol. The molecule has 3 nitrogen and oxygen atoms in total. The Morgan fingerprint density at radius 3 is 2.50 bits per heavy atom. The fourth-order valence-corrected chi connectivity index (χ4v) is 4.70. The van der Waals surface area contributed by atoms with Gasteiger partial charge in [-0.1, -0.05) is 57.4 Å². The Bertz CT molecular complexity index is 671. The number of rotatable bonds is 12. The summed E-state index contributed by atoms with van der Waals surface area (Å²) in [6.07, 6.45) is 12.9. The van der Waals surface area contributed by atoms with Crippen LogP contribution in [0.3, 0.4) is 0 Å². The lowest BCUT2D eigenvalue weighted by Crippen LogP contribution is -2.21. The summed E-state index contributed by atoms with van der Waals surface area (Å²) in [5.41, 5.74) is 4.78. The van der Waals surface area contributed by atoms with Gasteiger partial charge in [-0.3, -0.25) is 0 Å². The molecule has 0 unspecified atom stereocenters. The van der Waals surface area contributed by atoms with E-state index in [1.54, 1.807) is 0 Å². The number of hydrogen-bond donors (Lipinski definition) is 0. The summed E-state index contributed by atoms with van der Waals surface area (Å²) in [6, 6.07) is 7.04. The zero-order valence-corrected chi connectivity index (χ0v) is 19.8. The molecule has 1 fully saturated rings. The van der Waals surface area contributed by atoms with Gasteiger partial charge in [-0.25, -0.2) is 4.79 Å². The van der Waals surface area contributed by atoms with E-state index in [2.05, 4.69) is 38.6 Å². The summed E-state index contributed by atoms with van der Waals surface area (Å²) in [7, 11) is 3.84. The van der Waals surface area contributed by atoms with Crippen molar-refractivity contribution in [2.75, 3.05) is 27.2 Å². The number of hydrogen-bond acceptors (Lipinski definition) is 3. The third-order valence-corrected chi connectivity index (χ3v) is 6.52.